The second-order valence-electron chi connectivity index (χ2n) is 5.21. The SMILES string of the molecule is C[n+]1c(Br)c(Br)n(CC(=O)c2ccccc2)c1-c1ccccc1.[Br-]. The number of aromatic nitrogens is 2. The first kappa shape index (κ1) is 19.1. The van der Waals surface area contributed by atoms with Gasteiger partial charge in [-0.05, 0) is 12.1 Å². The number of nitrogens with zero attached hydrogens (tertiary/aromatic N) is 2. The van der Waals surface area contributed by atoms with Crippen molar-refractivity contribution in [2.24, 2.45) is 7.05 Å². The predicted molar refractivity (Wildman–Crippen MR) is 97.2 cm³/mol. The van der Waals surface area contributed by atoms with Crippen LogP contribution in [0, 0.1) is 0 Å². The van der Waals surface area contributed by atoms with E-state index in [2.05, 4.69) is 31.9 Å². The fourth-order valence-electron chi connectivity index (χ4n) is 2.56. The summed E-state index contributed by atoms with van der Waals surface area (Å²) in [6.45, 7) is 0.272. The highest BCUT2D eigenvalue weighted by molar-refractivity contribution is 9.13. The zero-order chi connectivity index (χ0) is 16.4. The van der Waals surface area contributed by atoms with Crippen molar-refractivity contribution in [3.63, 3.8) is 0 Å². The van der Waals surface area contributed by atoms with Crippen LogP contribution in [0.15, 0.2) is 69.9 Å². The molecule has 3 nitrogen and oxygen atoms in total. The lowest BCUT2D eigenvalue weighted by atomic mass is 10.1. The molecule has 0 bridgehead atoms. The summed E-state index contributed by atoms with van der Waals surface area (Å²) in [6.07, 6.45) is 0. The van der Waals surface area contributed by atoms with Gasteiger partial charge in [0.25, 0.3) is 5.82 Å². The molecule has 0 aliphatic carbocycles. The first-order valence-electron chi connectivity index (χ1n) is 7.16. The Bertz CT molecular complexity index is 846. The van der Waals surface area contributed by atoms with E-state index in [-0.39, 0.29) is 29.3 Å². The Morgan fingerprint density at radius 3 is 2.12 bits per heavy atom. The minimum Gasteiger partial charge on any atom is -1.00 e. The van der Waals surface area contributed by atoms with Gasteiger partial charge in [0.15, 0.2) is 6.54 Å². The molecule has 0 aliphatic rings. The molecule has 3 aromatic rings. The molecule has 1 aromatic heterocycles. The Morgan fingerprint density at radius 1 is 1.00 bits per heavy atom. The third-order valence-electron chi connectivity index (χ3n) is 3.70. The van der Waals surface area contributed by atoms with Crippen LogP contribution in [0.1, 0.15) is 10.4 Å². The van der Waals surface area contributed by atoms with Gasteiger partial charge >= 0.3 is 0 Å². The lowest BCUT2D eigenvalue weighted by Crippen LogP contribution is -3.00. The van der Waals surface area contributed by atoms with Crippen LogP contribution in [0.4, 0.5) is 0 Å². The van der Waals surface area contributed by atoms with E-state index in [1.54, 1.807) is 0 Å². The molecule has 0 saturated carbocycles. The minimum absolute atomic E-state index is 0. The molecule has 6 heteroatoms. The normalized spacial score (nSPS) is 10.3. The van der Waals surface area contributed by atoms with E-state index >= 15 is 0 Å². The highest BCUT2D eigenvalue weighted by atomic mass is 79.9. The first-order chi connectivity index (χ1) is 11.1. The van der Waals surface area contributed by atoms with Crippen LogP contribution in [-0.4, -0.2) is 10.4 Å². The maximum absolute atomic E-state index is 12.6. The van der Waals surface area contributed by atoms with E-state index < -0.39 is 0 Å². The van der Waals surface area contributed by atoms with Gasteiger partial charge in [-0.15, -0.1) is 0 Å². The summed E-state index contributed by atoms with van der Waals surface area (Å²) < 4.78 is 5.76. The average molecular weight is 515 g/mol. The summed E-state index contributed by atoms with van der Waals surface area (Å²) in [5.74, 6) is 1.04. The number of benzene rings is 2. The van der Waals surface area contributed by atoms with Crippen molar-refractivity contribution in [3.8, 4) is 11.4 Å². The Labute approximate surface area is 168 Å². The number of carbonyl (C=O) groups is 1. The zero-order valence-electron chi connectivity index (χ0n) is 12.9. The van der Waals surface area contributed by atoms with Gasteiger partial charge in [-0.2, -0.15) is 0 Å². The van der Waals surface area contributed by atoms with Gasteiger partial charge in [-0.1, -0.05) is 48.5 Å². The zero-order valence-corrected chi connectivity index (χ0v) is 17.7. The smallest absolute Gasteiger partial charge is 0.290 e. The van der Waals surface area contributed by atoms with Crippen molar-refractivity contribution in [1.82, 2.24) is 4.57 Å². The molecule has 0 fully saturated rings. The lowest BCUT2D eigenvalue weighted by Gasteiger charge is -2.04. The van der Waals surface area contributed by atoms with Crippen molar-refractivity contribution < 1.29 is 26.3 Å². The topological polar surface area (TPSA) is 25.9 Å². The summed E-state index contributed by atoms with van der Waals surface area (Å²) in [5, 5.41) is 0. The van der Waals surface area contributed by atoms with Crippen molar-refractivity contribution in [2.75, 3.05) is 0 Å². The molecule has 0 atom stereocenters. The summed E-state index contributed by atoms with van der Waals surface area (Å²) >= 11 is 7.17. The van der Waals surface area contributed by atoms with E-state index in [0.717, 1.165) is 20.6 Å². The Balaban J connectivity index is 0.00000208. The van der Waals surface area contributed by atoms with Crippen LogP contribution in [0.2, 0.25) is 0 Å². The number of halogens is 3. The Kier molecular flexibility index (Phi) is 6.54. The van der Waals surface area contributed by atoms with Crippen LogP contribution in [-0.2, 0) is 13.6 Å². The number of carbonyl (C=O) groups excluding carboxylic acids is 1. The molecule has 0 aliphatic heterocycles. The van der Waals surface area contributed by atoms with Crippen LogP contribution in [0.3, 0.4) is 0 Å². The molecule has 24 heavy (non-hydrogen) atoms. The molecule has 3 rings (SSSR count). The van der Waals surface area contributed by atoms with Gasteiger partial charge in [0.1, 0.15) is 0 Å². The van der Waals surface area contributed by atoms with Gasteiger partial charge in [-0.3, -0.25) is 4.79 Å². The van der Waals surface area contributed by atoms with Crippen molar-refractivity contribution in [3.05, 3.63) is 75.4 Å². The van der Waals surface area contributed by atoms with Gasteiger partial charge in [-0.25, -0.2) is 9.13 Å². The van der Waals surface area contributed by atoms with Gasteiger partial charge in [0.2, 0.25) is 15.0 Å². The number of rotatable bonds is 4. The Morgan fingerprint density at radius 2 is 1.54 bits per heavy atom. The molecule has 1 heterocycles. The van der Waals surface area contributed by atoms with E-state index in [1.807, 2.05) is 76.8 Å². The highest BCUT2D eigenvalue weighted by Gasteiger charge is 2.28. The summed E-state index contributed by atoms with van der Waals surface area (Å²) in [7, 11) is 1.97. The van der Waals surface area contributed by atoms with Gasteiger partial charge in [0, 0.05) is 37.4 Å². The first-order valence-corrected chi connectivity index (χ1v) is 8.75. The number of hydrogen-bond donors (Lipinski definition) is 0. The van der Waals surface area contributed by atoms with Crippen molar-refractivity contribution in [1.29, 1.82) is 0 Å². The molecule has 0 N–H and O–H groups in total. The summed E-state index contributed by atoms with van der Waals surface area (Å²) in [4.78, 5) is 12.6. The number of imidazole rings is 1. The molecule has 0 saturated heterocycles. The van der Waals surface area contributed by atoms with E-state index in [0.29, 0.717) is 5.56 Å². The number of ketones is 1. The van der Waals surface area contributed by atoms with Gasteiger partial charge in [0.05, 0.1) is 12.6 Å². The third kappa shape index (κ3) is 3.71. The molecule has 124 valence electrons. The lowest BCUT2D eigenvalue weighted by molar-refractivity contribution is -0.670. The van der Waals surface area contributed by atoms with Crippen LogP contribution in [0.5, 0.6) is 0 Å². The van der Waals surface area contributed by atoms with Crippen LogP contribution >= 0.6 is 31.9 Å². The third-order valence-corrected chi connectivity index (χ3v) is 5.95. The molecule has 2 aromatic carbocycles. The number of Topliss-reactive ketones (excluding diaryl/α,β-unsaturated/α-hetero) is 1. The van der Waals surface area contributed by atoms with Crippen molar-refractivity contribution in [2.45, 2.75) is 6.54 Å². The van der Waals surface area contributed by atoms with Crippen LogP contribution < -0.4 is 21.5 Å². The second kappa shape index (κ2) is 8.23. The molecule has 0 radical (unpaired) electrons. The molecule has 0 amide bonds. The van der Waals surface area contributed by atoms with Crippen LogP contribution in [0.25, 0.3) is 11.4 Å². The largest absolute Gasteiger partial charge is 1.00 e. The summed E-state index contributed by atoms with van der Waals surface area (Å²) in [6, 6.07) is 19.4. The molecule has 0 spiro atoms. The highest BCUT2D eigenvalue weighted by Crippen LogP contribution is 2.28. The standard InChI is InChI=1S/C18H15Br2N2O.BrH/c1-21-16(19)17(20)22(18(21)14-10-6-3-7-11-14)12-15(23)13-8-4-2-5-9-13;/h2-11H,12H2,1H3;1H/q+1;/p-1. The Hall–Kier alpha value is -1.24. The maximum atomic E-state index is 12.6. The van der Waals surface area contributed by atoms with E-state index in [4.69, 9.17) is 0 Å². The second-order valence-corrected chi connectivity index (χ2v) is 6.71. The fraction of sp³-hybridized carbons (Fsp3) is 0.111. The molecule has 0 unspecified atom stereocenters. The number of hydrogen-bond acceptors (Lipinski definition) is 1. The quantitative estimate of drug-likeness (QED) is 0.382. The van der Waals surface area contributed by atoms with Gasteiger partial charge < -0.3 is 17.0 Å². The van der Waals surface area contributed by atoms with E-state index in [1.165, 1.54) is 0 Å². The fourth-order valence-corrected chi connectivity index (χ4v) is 3.50. The van der Waals surface area contributed by atoms with Crippen molar-refractivity contribution >= 4 is 37.6 Å². The predicted octanol–water partition coefficient (Wildman–Crippen LogP) is 1.39. The maximum Gasteiger partial charge on any atom is 0.290 e. The monoisotopic (exact) mass is 512 g/mol. The summed E-state index contributed by atoms with van der Waals surface area (Å²) in [5.41, 5.74) is 1.77. The molecular weight excluding hydrogens is 500 g/mol. The molecular formula is C18H15Br3N2O. The van der Waals surface area contributed by atoms with E-state index in [9.17, 15) is 4.79 Å². The minimum atomic E-state index is 0. The average Bonchev–Trinajstić information content (AvgIpc) is 2.80.